The van der Waals surface area contributed by atoms with Crippen molar-refractivity contribution in [2.75, 3.05) is 5.32 Å². The zero-order valence-electron chi connectivity index (χ0n) is 11.1. The molecule has 0 heterocycles. The number of nitriles is 1. The first-order valence-corrected chi connectivity index (χ1v) is 6.14. The summed E-state index contributed by atoms with van der Waals surface area (Å²) in [7, 11) is 0. The molecule has 0 aromatic heterocycles. The smallest absolute Gasteiger partial charge is 0.118 e. The van der Waals surface area contributed by atoms with Crippen LogP contribution in [0.4, 0.5) is 5.69 Å². The van der Waals surface area contributed by atoms with Crippen LogP contribution in [0, 0.1) is 25.2 Å². The van der Waals surface area contributed by atoms with Crippen molar-refractivity contribution in [1.82, 2.24) is 0 Å². The maximum atomic E-state index is 9.62. The van der Waals surface area contributed by atoms with Crippen LogP contribution >= 0.6 is 0 Å². The van der Waals surface area contributed by atoms with Gasteiger partial charge in [-0.1, -0.05) is 18.2 Å². The Balaban J connectivity index is 2.20. The molecule has 2 aromatic carbocycles. The van der Waals surface area contributed by atoms with E-state index in [0.717, 1.165) is 22.4 Å². The van der Waals surface area contributed by atoms with E-state index in [0.29, 0.717) is 17.9 Å². The Kier molecular flexibility index (Phi) is 3.72. The molecule has 3 nitrogen and oxygen atoms in total. The van der Waals surface area contributed by atoms with Crippen LogP contribution in [0.2, 0.25) is 0 Å². The van der Waals surface area contributed by atoms with Crippen molar-refractivity contribution in [2.24, 2.45) is 0 Å². The Labute approximate surface area is 113 Å². The number of aryl methyl sites for hydroxylation is 2. The second-order valence-electron chi connectivity index (χ2n) is 4.58. The zero-order valence-corrected chi connectivity index (χ0v) is 11.1. The molecule has 0 bridgehead atoms. The fourth-order valence-corrected chi connectivity index (χ4v) is 1.97. The highest BCUT2D eigenvalue weighted by molar-refractivity contribution is 5.57. The largest absolute Gasteiger partial charge is 0.508 e. The van der Waals surface area contributed by atoms with Gasteiger partial charge in [0.05, 0.1) is 11.6 Å². The first-order chi connectivity index (χ1) is 9.11. The number of benzene rings is 2. The van der Waals surface area contributed by atoms with Crippen LogP contribution in [0.3, 0.4) is 0 Å². The van der Waals surface area contributed by atoms with E-state index in [2.05, 4.69) is 11.4 Å². The number of aromatic hydroxyl groups is 1. The van der Waals surface area contributed by atoms with E-state index in [4.69, 9.17) is 5.26 Å². The number of nitrogens with one attached hydrogen (secondary N) is 1. The highest BCUT2D eigenvalue weighted by Crippen LogP contribution is 2.25. The highest BCUT2D eigenvalue weighted by Gasteiger charge is 2.05. The van der Waals surface area contributed by atoms with Gasteiger partial charge in [-0.2, -0.15) is 5.26 Å². The molecule has 2 aromatic rings. The van der Waals surface area contributed by atoms with Crippen molar-refractivity contribution in [3.8, 4) is 11.8 Å². The number of rotatable bonds is 3. The standard InChI is InChI=1S/C16H16N2O/c1-11-8-16(19)12(2)7-15(11)18-10-14-6-4-3-5-13(14)9-17/h3-8,18-19H,10H2,1-2H3. The van der Waals surface area contributed by atoms with E-state index < -0.39 is 0 Å². The van der Waals surface area contributed by atoms with Crippen molar-refractivity contribution in [3.63, 3.8) is 0 Å². The molecule has 0 aliphatic carbocycles. The molecule has 0 amide bonds. The van der Waals surface area contributed by atoms with Crippen LogP contribution in [0.5, 0.6) is 5.75 Å². The lowest BCUT2D eigenvalue weighted by molar-refractivity contribution is 0.471. The average Bonchev–Trinajstić information content (AvgIpc) is 2.41. The average molecular weight is 252 g/mol. The number of nitrogens with zero attached hydrogens (tertiary/aromatic N) is 1. The Morgan fingerprint density at radius 1 is 1.16 bits per heavy atom. The summed E-state index contributed by atoms with van der Waals surface area (Å²) in [6.07, 6.45) is 0. The van der Waals surface area contributed by atoms with Crippen LogP contribution in [0.1, 0.15) is 22.3 Å². The summed E-state index contributed by atoms with van der Waals surface area (Å²) < 4.78 is 0. The van der Waals surface area contributed by atoms with E-state index >= 15 is 0 Å². The number of hydrogen-bond donors (Lipinski definition) is 2. The lowest BCUT2D eigenvalue weighted by atomic mass is 10.1. The Hall–Kier alpha value is -2.47. The molecule has 0 fully saturated rings. The number of phenols is 1. The van der Waals surface area contributed by atoms with Crippen LogP contribution in [-0.2, 0) is 6.54 Å². The summed E-state index contributed by atoms with van der Waals surface area (Å²) in [4.78, 5) is 0. The third-order valence-corrected chi connectivity index (χ3v) is 3.15. The zero-order chi connectivity index (χ0) is 13.8. The molecule has 0 radical (unpaired) electrons. The van der Waals surface area contributed by atoms with Gasteiger partial charge < -0.3 is 10.4 Å². The van der Waals surface area contributed by atoms with Crippen LogP contribution < -0.4 is 5.32 Å². The van der Waals surface area contributed by atoms with E-state index in [-0.39, 0.29) is 0 Å². The summed E-state index contributed by atoms with van der Waals surface area (Å²) in [5.41, 5.74) is 4.44. The molecule has 0 spiro atoms. The second kappa shape index (κ2) is 5.45. The molecule has 2 N–H and O–H groups in total. The van der Waals surface area contributed by atoms with Crippen molar-refractivity contribution in [1.29, 1.82) is 5.26 Å². The summed E-state index contributed by atoms with van der Waals surface area (Å²) in [6.45, 7) is 4.40. The third-order valence-electron chi connectivity index (χ3n) is 3.15. The molecule has 19 heavy (non-hydrogen) atoms. The molecule has 0 atom stereocenters. The second-order valence-corrected chi connectivity index (χ2v) is 4.58. The molecule has 0 aliphatic rings. The first-order valence-electron chi connectivity index (χ1n) is 6.14. The number of anilines is 1. The monoisotopic (exact) mass is 252 g/mol. The highest BCUT2D eigenvalue weighted by atomic mass is 16.3. The summed E-state index contributed by atoms with van der Waals surface area (Å²) in [6, 6.07) is 13.4. The van der Waals surface area contributed by atoms with Gasteiger partial charge in [0, 0.05) is 12.2 Å². The molecule has 0 saturated heterocycles. The molecule has 0 aliphatic heterocycles. The summed E-state index contributed by atoms with van der Waals surface area (Å²) in [5, 5.41) is 22.0. The fraction of sp³-hybridized carbons (Fsp3) is 0.188. The quantitative estimate of drug-likeness (QED) is 0.822. The molecule has 2 rings (SSSR count). The Morgan fingerprint density at radius 2 is 1.89 bits per heavy atom. The predicted octanol–water partition coefficient (Wildman–Crippen LogP) is 3.49. The minimum absolute atomic E-state index is 0.306. The van der Waals surface area contributed by atoms with Gasteiger partial charge in [-0.05, 0) is 48.7 Å². The lowest BCUT2D eigenvalue weighted by Crippen LogP contribution is -2.03. The van der Waals surface area contributed by atoms with E-state index in [1.807, 2.05) is 44.2 Å². The van der Waals surface area contributed by atoms with Crippen molar-refractivity contribution in [2.45, 2.75) is 20.4 Å². The number of hydrogen-bond acceptors (Lipinski definition) is 3. The van der Waals surface area contributed by atoms with Crippen molar-refractivity contribution in [3.05, 3.63) is 58.7 Å². The minimum Gasteiger partial charge on any atom is -0.508 e. The van der Waals surface area contributed by atoms with Crippen LogP contribution in [0.15, 0.2) is 36.4 Å². The maximum Gasteiger partial charge on any atom is 0.118 e. The molecule has 3 heteroatoms. The minimum atomic E-state index is 0.306. The summed E-state index contributed by atoms with van der Waals surface area (Å²) in [5.74, 6) is 0.306. The van der Waals surface area contributed by atoms with Gasteiger partial charge in [-0.25, -0.2) is 0 Å². The maximum absolute atomic E-state index is 9.62. The van der Waals surface area contributed by atoms with E-state index in [9.17, 15) is 5.11 Å². The number of phenolic OH excluding ortho intramolecular Hbond substituents is 1. The first kappa shape index (κ1) is 13.0. The SMILES string of the molecule is Cc1cc(NCc2ccccc2C#N)c(C)cc1O. The van der Waals surface area contributed by atoms with Gasteiger partial charge in [0.2, 0.25) is 0 Å². The van der Waals surface area contributed by atoms with Crippen molar-refractivity contribution >= 4 is 5.69 Å². The molecular weight excluding hydrogens is 236 g/mol. The van der Waals surface area contributed by atoms with Gasteiger partial charge >= 0.3 is 0 Å². The van der Waals surface area contributed by atoms with E-state index in [1.165, 1.54) is 0 Å². The fourth-order valence-electron chi connectivity index (χ4n) is 1.97. The van der Waals surface area contributed by atoms with Gasteiger partial charge in [0.1, 0.15) is 5.75 Å². The Morgan fingerprint density at radius 3 is 2.63 bits per heavy atom. The summed E-state index contributed by atoms with van der Waals surface area (Å²) >= 11 is 0. The molecule has 96 valence electrons. The van der Waals surface area contributed by atoms with Gasteiger partial charge in [-0.15, -0.1) is 0 Å². The Bertz CT molecular complexity index is 642. The molecule has 0 saturated carbocycles. The van der Waals surface area contributed by atoms with Gasteiger partial charge in [0.15, 0.2) is 0 Å². The third kappa shape index (κ3) is 2.86. The van der Waals surface area contributed by atoms with Crippen LogP contribution in [-0.4, -0.2) is 5.11 Å². The van der Waals surface area contributed by atoms with Crippen molar-refractivity contribution < 1.29 is 5.11 Å². The van der Waals surface area contributed by atoms with Crippen LogP contribution in [0.25, 0.3) is 0 Å². The van der Waals surface area contributed by atoms with Gasteiger partial charge in [-0.3, -0.25) is 0 Å². The molecular formula is C16H16N2O. The molecule has 0 unspecified atom stereocenters. The van der Waals surface area contributed by atoms with E-state index in [1.54, 1.807) is 6.07 Å². The normalized spacial score (nSPS) is 9.95. The van der Waals surface area contributed by atoms with Gasteiger partial charge in [0.25, 0.3) is 0 Å². The topological polar surface area (TPSA) is 56.0 Å². The lowest BCUT2D eigenvalue weighted by Gasteiger charge is -2.12. The predicted molar refractivity (Wildman–Crippen MR) is 76.1 cm³/mol.